The summed E-state index contributed by atoms with van der Waals surface area (Å²) in [7, 11) is 0. The highest BCUT2D eigenvalue weighted by Crippen LogP contribution is 2.31. The smallest absolute Gasteiger partial charge is 0.234 e. The van der Waals surface area contributed by atoms with Gasteiger partial charge in [-0.2, -0.15) is 0 Å². The molecule has 0 fully saturated rings. The number of carbonyl (C=O) groups is 1. The van der Waals surface area contributed by atoms with Crippen LogP contribution in [0.5, 0.6) is 5.75 Å². The van der Waals surface area contributed by atoms with Crippen molar-refractivity contribution in [2.45, 2.75) is 38.3 Å². The Morgan fingerprint density at radius 3 is 2.56 bits per heavy atom. The van der Waals surface area contributed by atoms with Crippen LogP contribution in [-0.4, -0.2) is 33.0 Å². The third-order valence-corrected chi connectivity index (χ3v) is 7.00. The molecule has 1 heterocycles. The monoisotopic (exact) mass is 520 g/mol. The number of anilines is 1. The minimum Gasteiger partial charge on any atom is -0.494 e. The number of carbonyl (C=O) groups excluding carboxylic acids is 1. The molecule has 0 aliphatic rings. The van der Waals surface area contributed by atoms with Gasteiger partial charge in [0.2, 0.25) is 5.91 Å². The van der Waals surface area contributed by atoms with Crippen LogP contribution in [0.4, 0.5) is 5.69 Å². The molecule has 6 nitrogen and oxygen atoms in total. The van der Waals surface area contributed by atoms with Gasteiger partial charge in [-0.3, -0.25) is 9.36 Å². The molecule has 4 aromatic rings. The van der Waals surface area contributed by atoms with E-state index < -0.39 is 0 Å². The highest BCUT2D eigenvalue weighted by molar-refractivity contribution is 7.99. The molecule has 36 heavy (non-hydrogen) atoms. The molecule has 0 saturated heterocycles. The Bertz CT molecular complexity index is 1320. The molecule has 0 spiro atoms. The maximum absolute atomic E-state index is 12.9. The standard InChI is InChI=1S/C28H29ClN4O2S/c1-4-19(3)24-11-6-7-12-25(24)30-26(34)18-36-28-32-31-27(20-9-8-10-21(29)17-20)33(28)22-13-15-23(16-14-22)35-5-2/h6-17,19H,4-5,18H2,1-3H3,(H,30,34). The van der Waals surface area contributed by atoms with Crippen LogP contribution in [0, 0.1) is 0 Å². The molecule has 0 aliphatic heterocycles. The second-order valence-corrected chi connectivity index (χ2v) is 9.69. The molecule has 0 bridgehead atoms. The molecule has 1 N–H and O–H groups in total. The fourth-order valence-electron chi connectivity index (χ4n) is 3.85. The molecular formula is C28H29ClN4O2S. The van der Waals surface area contributed by atoms with E-state index in [0.717, 1.165) is 34.7 Å². The summed E-state index contributed by atoms with van der Waals surface area (Å²) in [6.45, 7) is 6.85. The summed E-state index contributed by atoms with van der Waals surface area (Å²) in [5.74, 6) is 1.89. The van der Waals surface area contributed by atoms with Crippen molar-refractivity contribution >= 4 is 35.0 Å². The normalized spacial score (nSPS) is 11.8. The van der Waals surface area contributed by atoms with E-state index in [9.17, 15) is 4.79 Å². The minimum absolute atomic E-state index is 0.0960. The highest BCUT2D eigenvalue weighted by Gasteiger charge is 2.18. The zero-order chi connectivity index (χ0) is 25.5. The van der Waals surface area contributed by atoms with E-state index in [-0.39, 0.29) is 11.7 Å². The third-order valence-electron chi connectivity index (χ3n) is 5.83. The number of rotatable bonds is 10. The van der Waals surface area contributed by atoms with E-state index in [0.29, 0.717) is 28.5 Å². The van der Waals surface area contributed by atoms with Crippen molar-refractivity contribution in [2.24, 2.45) is 0 Å². The molecule has 8 heteroatoms. The SMILES string of the molecule is CCOc1ccc(-n2c(SCC(=O)Nc3ccccc3C(C)CC)nnc2-c2cccc(Cl)c2)cc1. The first-order chi connectivity index (χ1) is 17.5. The van der Waals surface area contributed by atoms with Crippen LogP contribution in [0.3, 0.4) is 0 Å². The first-order valence-electron chi connectivity index (χ1n) is 12.0. The zero-order valence-corrected chi connectivity index (χ0v) is 22.1. The lowest BCUT2D eigenvalue weighted by Crippen LogP contribution is -2.16. The number of hydrogen-bond acceptors (Lipinski definition) is 5. The number of nitrogens with zero attached hydrogens (tertiary/aromatic N) is 3. The van der Waals surface area contributed by atoms with Crippen molar-refractivity contribution in [3.05, 3.63) is 83.4 Å². The van der Waals surface area contributed by atoms with Gasteiger partial charge in [0.15, 0.2) is 11.0 Å². The van der Waals surface area contributed by atoms with E-state index in [1.54, 1.807) is 0 Å². The van der Waals surface area contributed by atoms with Crippen LogP contribution in [0.15, 0.2) is 78.0 Å². The summed E-state index contributed by atoms with van der Waals surface area (Å²) in [5.41, 5.74) is 3.69. The molecule has 4 rings (SSSR count). The Hall–Kier alpha value is -3.29. The fraction of sp³-hybridized carbons (Fsp3) is 0.250. The number of nitrogens with one attached hydrogen (secondary N) is 1. The summed E-state index contributed by atoms with van der Waals surface area (Å²) < 4.78 is 7.53. The lowest BCUT2D eigenvalue weighted by Gasteiger charge is -2.15. The van der Waals surface area contributed by atoms with Gasteiger partial charge in [0.25, 0.3) is 0 Å². The fourth-order valence-corrected chi connectivity index (χ4v) is 4.79. The zero-order valence-electron chi connectivity index (χ0n) is 20.6. The molecule has 0 aliphatic carbocycles. The summed E-state index contributed by atoms with van der Waals surface area (Å²) in [6.07, 6.45) is 0.999. The molecule has 0 radical (unpaired) electrons. The van der Waals surface area contributed by atoms with Crippen molar-refractivity contribution in [1.29, 1.82) is 0 Å². The van der Waals surface area contributed by atoms with Gasteiger partial charge in [-0.1, -0.05) is 67.5 Å². The Morgan fingerprint density at radius 2 is 1.83 bits per heavy atom. The van der Waals surface area contributed by atoms with Gasteiger partial charge < -0.3 is 10.1 Å². The number of halogens is 1. The number of benzene rings is 3. The number of hydrogen-bond donors (Lipinski definition) is 1. The topological polar surface area (TPSA) is 69.0 Å². The van der Waals surface area contributed by atoms with Gasteiger partial charge in [0, 0.05) is 22.0 Å². The number of amides is 1. The minimum atomic E-state index is -0.0960. The van der Waals surface area contributed by atoms with Gasteiger partial charge >= 0.3 is 0 Å². The van der Waals surface area contributed by atoms with Crippen molar-refractivity contribution in [1.82, 2.24) is 14.8 Å². The van der Waals surface area contributed by atoms with Crippen LogP contribution in [0.1, 0.15) is 38.7 Å². The van der Waals surface area contributed by atoms with E-state index >= 15 is 0 Å². The number of para-hydroxylation sites is 1. The maximum atomic E-state index is 12.9. The molecule has 1 aromatic heterocycles. The molecule has 186 valence electrons. The van der Waals surface area contributed by atoms with Gasteiger partial charge in [-0.05, 0) is 67.3 Å². The lowest BCUT2D eigenvalue weighted by molar-refractivity contribution is -0.113. The second-order valence-electron chi connectivity index (χ2n) is 8.31. The van der Waals surface area contributed by atoms with E-state index in [2.05, 4.69) is 35.4 Å². The summed E-state index contributed by atoms with van der Waals surface area (Å²) in [5, 5.41) is 13.2. The van der Waals surface area contributed by atoms with Crippen molar-refractivity contribution in [2.75, 3.05) is 17.7 Å². The van der Waals surface area contributed by atoms with Crippen molar-refractivity contribution in [3.63, 3.8) is 0 Å². The van der Waals surface area contributed by atoms with E-state index in [4.69, 9.17) is 16.3 Å². The molecule has 0 saturated carbocycles. The second kappa shape index (κ2) is 12.1. The third kappa shape index (κ3) is 6.09. The Morgan fingerprint density at radius 1 is 1.06 bits per heavy atom. The predicted molar refractivity (Wildman–Crippen MR) is 147 cm³/mol. The highest BCUT2D eigenvalue weighted by atomic mass is 35.5. The van der Waals surface area contributed by atoms with Crippen LogP contribution in [0.25, 0.3) is 17.1 Å². The van der Waals surface area contributed by atoms with Crippen LogP contribution in [0.2, 0.25) is 5.02 Å². The van der Waals surface area contributed by atoms with E-state index in [1.165, 1.54) is 11.8 Å². The Balaban J connectivity index is 1.59. The molecular weight excluding hydrogens is 492 g/mol. The molecule has 3 aromatic carbocycles. The van der Waals surface area contributed by atoms with Crippen molar-refractivity contribution in [3.8, 4) is 22.8 Å². The average molecular weight is 521 g/mol. The van der Waals surface area contributed by atoms with E-state index in [1.807, 2.05) is 78.2 Å². The van der Waals surface area contributed by atoms with Gasteiger partial charge in [-0.25, -0.2) is 0 Å². The number of thioether (sulfide) groups is 1. The van der Waals surface area contributed by atoms with Gasteiger partial charge in [0.1, 0.15) is 5.75 Å². The molecule has 1 unspecified atom stereocenters. The van der Waals surface area contributed by atoms with Crippen LogP contribution >= 0.6 is 23.4 Å². The first kappa shape index (κ1) is 25.8. The maximum Gasteiger partial charge on any atom is 0.234 e. The lowest BCUT2D eigenvalue weighted by atomic mass is 9.97. The number of ether oxygens (including phenoxy) is 1. The summed E-state index contributed by atoms with van der Waals surface area (Å²) >= 11 is 7.58. The number of aromatic nitrogens is 3. The summed E-state index contributed by atoms with van der Waals surface area (Å²) in [6, 6.07) is 23.2. The predicted octanol–water partition coefficient (Wildman–Crippen LogP) is 7.23. The average Bonchev–Trinajstić information content (AvgIpc) is 3.32. The van der Waals surface area contributed by atoms with Gasteiger partial charge in [0.05, 0.1) is 12.4 Å². The summed E-state index contributed by atoms with van der Waals surface area (Å²) in [4.78, 5) is 12.9. The first-order valence-corrected chi connectivity index (χ1v) is 13.3. The Kier molecular flexibility index (Phi) is 8.67. The van der Waals surface area contributed by atoms with Crippen LogP contribution < -0.4 is 10.1 Å². The van der Waals surface area contributed by atoms with Gasteiger partial charge in [-0.15, -0.1) is 10.2 Å². The Labute approximate surface area is 221 Å². The van der Waals surface area contributed by atoms with Crippen LogP contribution in [-0.2, 0) is 4.79 Å². The molecule has 1 amide bonds. The van der Waals surface area contributed by atoms with Crippen molar-refractivity contribution < 1.29 is 9.53 Å². The quantitative estimate of drug-likeness (QED) is 0.223. The largest absolute Gasteiger partial charge is 0.494 e. The molecule has 1 atom stereocenters.